The van der Waals surface area contributed by atoms with E-state index in [4.69, 9.17) is 25.5 Å². The van der Waals surface area contributed by atoms with Gasteiger partial charge in [0.25, 0.3) is 12.4 Å². The van der Waals surface area contributed by atoms with Gasteiger partial charge in [0.05, 0.1) is 30.7 Å². The van der Waals surface area contributed by atoms with Gasteiger partial charge < -0.3 is 31.3 Å². The van der Waals surface area contributed by atoms with Gasteiger partial charge in [-0.25, -0.2) is 9.97 Å². The largest absolute Gasteiger partial charge is 0.483 e. The molecule has 1 amide bonds. The van der Waals surface area contributed by atoms with Gasteiger partial charge in [0.1, 0.15) is 6.54 Å². The lowest BCUT2D eigenvalue weighted by molar-refractivity contribution is -0.142. The van der Waals surface area contributed by atoms with E-state index in [-0.39, 0.29) is 35.1 Å². The van der Waals surface area contributed by atoms with Crippen molar-refractivity contribution in [2.45, 2.75) is 26.1 Å². The summed E-state index contributed by atoms with van der Waals surface area (Å²) in [5.74, 6) is -1.32. The van der Waals surface area contributed by atoms with Crippen molar-refractivity contribution >= 4 is 35.5 Å². The predicted molar refractivity (Wildman–Crippen MR) is 147 cm³/mol. The number of rotatable bonds is 12. The van der Waals surface area contributed by atoms with Gasteiger partial charge in [0, 0.05) is 42.9 Å². The van der Waals surface area contributed by atoms with Crippen LogP contribution < -0.4 is 16.4 Å². The number of ether oxygens (including phenoxy) is 1. The summed E-state index contributed by atoms with van der Waals surface area (Å²) in [6, 6.07) is 5.14. The molecule has 0 saturated carbocycles. The molecule has 0 spiro atoms. The molecule has 0 radical (unpaired) electrons. The van der Waals surface area contributed by atoms with E-state index >= 15 is 0 Å². The van der Waals surface area contributed by atoms with Crippen molar-refractivity contribution in [2.24, 2.45) is 5.73 Å². The first-order chi connectivity index (χ1) is 20.5. The fourth-order valence-electron chi connectivity index (χ4n) is 4.08. The molecule has 0 aliphatic rings. The summed E-state index contributed by atoms with van der Waals surface area (Å²) in [7, 11) is 0. The molecule has 14 nitrogen and oxygen atoms in total. The number of benzene rings is 1. The molecule has 4 rings (SSSR count). The summed E-state index contributed by atoms with van der Waals surface area (Å²) in [6.45, 7) is 2.41. The highest BCUT2D eigenvalue weighted by Gasteiger charge is 2.38. The second-order valence-corrected chi connectivity index (χ2v) is 8.71. The molecular weight excluding hydrogens is 577 g/mol. The molecular formula is C26H29F3N8O6. The number of carbonyl (C=O) groups excluding carboxylic acids is 1. The van der Waals surface area contributed by atoms with E-state index in [0.29, 0.717) is 44.0 Å². The summed E-state index contributed by atoms with van der Waals surface area (Å²) in [5, 5.41) is 25.2. The van der Waals surface area contributed by atoms with Gasteiger partial charge in [-0.1, -0.05) is 6.92 Å². The van der Waals surface area contributed by atoms with Crippen molar-refractivity contribution in [1.82, 2.24) is 29.5 Å². The van der Waals surface area contributed by atoms with Crippen LogP contribution in [-0.2, 0) is 33.5 Å². The average molecular weight is 607 g/mol. The summed E-state index contributed by atoms with van der Waals surface area (Å²) < 4.78 is 48.6. The van der Waals surface area contributed by atoms with Crippen LogP contribution in [-0.4, -0.2) is 79.0 Å². The third-order valence-electron chi connectivity index (χ3n) is 5.82. The van der Waals surface area contributed by atoms with E-state index in [1.165, 1.54) is 23.0 Å². The lowest BCUT2D eigenvalue weighted by Crippen LogP contribution is -2.28. The molecule has 1 aromatic carbocycles. The number of carboxylic acid groups (broad SMARTS) is 2. The topological polar surface area (TPSA) is 199 Å². The van der Waals surface area contributed by atoms with Gasteiger partial charge in [0.15, 0.2) is 17.2 Å². The second kappa shape index (κ2) is 14.7. The third kappa shape index (κ3) is 8.26. The quantitative estimate of drug-likeness (QED) is 0.117. The van der Waals surface area contributed by atoms with Crippen LogP contribution >= 0.6 is 0 Å². The van der Waals surface area contributed by atoms with Gasteiger partial charge in [-0.05, 0) is 30.2 Å². The fraction of sp³-hybridized carbons (Fsp3) is 0.308. The number of aromatic nitrogens is 5. The number of nitrogens with zero attached hydrogens (tertiary/aromatic N) is 5. The van der Waals surface area contributed by atoms with Crippen LogP contribution in [0.4, 0.5) is 24.7 Å². The summed E-state index contributed by atoms with van der Waals surface area (Å²) in [6.07, 6.45) is 0.842. The van der Waals surface area contributed by atoms with Crippen LogP contribution in [0.5, 0.6) is 0 Å². The van der Waals surface area contributed by atoms with Crippen molar-refractivity contribution in [3.63, 3.8) is 0 Å². The number of hydrogen-bond donors (Lipinski definition) is 5. The number of imidazole rings is 1. The maximum absolute atomic E-state index is 13.7. The Balaban J connectivity index is 0.00000162. The van der Waals surface area contributed by atoms with Crippen molar-refractivity contribution in [3.8, 4) is 11.3 Å². The van der Waals surface area contributed by atoms with E-state index in [1.54, 1.807) is 18.2 Å². The normalized spacial score (nSPS) is 11.1. The molecule has 4 aromatic rings. The van der Waals surface area contributed by atoms with E-state index in [0.717, 1.165) is 16.4 Å². The van der Waals surface area contributed by atoms with Crippen LogP contribution in [0.3, 0.4) is 0 Å². The molecule has 43 heavy (non-hydrogen) atoms. The first kappa shape index (κ1) is 32.5. The number of nitrogens with one attached hydrogen (secondary N) is 2. The minimum Gasteiger partial charge on any atom is -0.483 e. The number of carboxylic acids is 1. The van der Waals surface area contributed by atoms with Gasteiger partial charge in [0.2, 0.25) is 0 Å². The number of carbonyl (C=O) groups is 3. The third-order valence-corrected chi connectivity index (χ3v) is 5.82. The molecule has 0 saturated heterocycles. The molecule has 0 bridgehead atoms. The summed E-state index contributed by atoms with van der Waals surface area (Å²) in [5.41, 5.74) is 5.97. The van der Waals surface area contributed by atoms with Crippen LogP contribution in [0.1, 0.15) is 28.5 Å². The molecule has 0 aliphatic heterocycles. The maximum atomic E-state index is 13.7. The Morgan fingerprint density at radius 1 is 1.21 bits per heavy atom. The molecule has 17 heteroatoms. The minimum absolute atomic E-state index is 0.0566. The highest BCUT2D eigenvalue weighted by atomic mass is 19.4. The number of aliphatic carboxylic acids is 1. The number of anilines is 2. The van der Waals surface area contributed by atoms with Crippen LogP contribution in [0.25, 0.3) is 16.9 Å². The Bertz CT molecular complexity index is 1570. The highest BCUT2D eigenvalue weighted by molar-refractivity contribution is 5.96. The predicted octanol–water partition coefficient (Wildman–Crippen LogP) is 2.41. The lowest BCUT2D eigenvalue weighted by Gasteiger charge is -2.13. The Morgan fingerprint density at radius 2 is 1.95 bits per heavy atom. The zero-order valence-electron chi connectivity index (χ0n) is 22.8. The highest BCUT2D eigenvalue weighted by Crippen LogP contribution is 2.37. The van der Waals surface area contributed by atoms with Crippen LogP contribution in [0, 0.1) is 0 Å². The molecule has 3 aromatic heterocycles. The van der Waals surface area contributed by atoms with E-state index in [1.807, 2.05) is 6.92 Å². The molecule has 0 aliphatic carbocycles. The number of halogens is 3. The standard InChI is InChI=1S/C25H27F3N8O4.CH2O2/c1-2-15-11-16(3-4-17(15)24(39)31-7-10-40-9-5-29)33-22-23-32-12-19(36(23)8-6-30-22)18-13-35(14-20(37)38)34-21(18)25(26,27)28;2-1-3/h3-4,6,8,11-13H,2,5,7,9-10,14,29H2,1H3,(H,30,33)(H,31,39)(H,37,38);1H,(H,2,3). The summed E-state index contributed by atoms with van der Waals surface area (Å²) in [4.78, 5) is 40.6. The van der Waals surface area contributed by atoms with Gasteiger partial charge in [-0.15, -0.1) is 0 Å². The van der Waals surface area contributed by atoms with Gasteiger partial charge in [-0.2, -0.15) is 18.3 Å². The monoisotopic (exact) mass is 606 g/mol. The number of nitrogens with two attached hydrogens (primary N) is 1. The molecule has 6 N–H and O–H groups in total. The van der Waals surface area contributed by atoms with E-state index < -0.39 is 24.4 Å². The minimum atomic E-state index is -4.82. The Labute approximate surface area is 242 Å². The molecule has 0 unspecified atom stereocenters. The Morgan fingerprint density at radius 3 is 2.60 bits per heavy atom. The smallest absolute Gasteiger partial charge is 0.435 e. The van der Waals surface area contributed by atoms with Crippen LogP contribution in [0.2, 0.25) is 0 Å². The van der Waals surface area contributed by atoms with Gasteiger partial charge in [-0.3, -0.25) is 23.5 Å². The van der Waals surface area contributed by atoms with Crippen molar-refractivity contribution in [1.29, 1.82) is 0 Å². The molecule has 0 fully saturated rings. The Kier molecular flexibility index (Phi) is 11.1. The fourth-order valence-corrected chi connectivity index (χ4v) is 4.08. The first-order valence-electron chi connectivity index (χ1n) is 12.8. The molecule has 3 heterocycles. The number of hydrogen-bond acceptors (Lipinski definition) is 9. The zero-order chi connectivity index (χ0) is 31.6. The molecule has 230 valence electrons. The summed E-state index contributed by atoms with van der Waals surface area (Å²) >= 11 is 0. The van der Waals surface area contributed by atoms with Gasteiger partial charge >= 0.3 is 12.1 Å². The number of aryl methyl sites for hydroxylation is 1. The van der Waals surface area contributed by atoms with Crippen molar-refractivity contribution < 1.29 is 42.5 Å². The van der Waals surface area contributed by atoms with Crippen molar-refractivity contribution in [2.75, 3.05) is 31.6 Å². The first-order valence-corrected chi connectivity index (χ1v) is 12.8. The van der Waals surface area contributed by atoms with Crippen LogP contribution in [0.15, 0.2) is 43.0 Å². The zero-order valence-corrected chi connectivity index (χ0v) is 22.8. The Hall–Kier alpha value is -5.03. The SMILES string of the molecule is CCc1cc(Nc2nccn3c(-c4cn(CC(=O)O)nc4C(F)(F)F)cnc23)ccc1C(=O)NCCOCCN.O=CO. The second-order valence-electron chi connectivity index (χ2n) is 8.71. The number of fused-ring (bicyclic) bond motifs is 1. The lowest BCUT2D eigenvalue weighted by atomic mass is 10.0. The number of amides is 1. The average Bonchev–Trinajstić information content (AvgIpc) is 3.57. The number of alkyl halides is 3. The van der Waals surface area contributed by atoms with Crippen molar-refractivity contribution in [3.05, 3.63) is 59.8 Å². The van der Waals surface area contributed by atoms with E-state index in [2.05, 4.69) is 25.7 Å². The molecule has 0 atom stereocenters. The van der Waals surface area contributed by atoms with E-state index in [9.17, 15) is 22.8 Å². The maximum Gasteiger partial charge on any atom is 0.435 e.